The Kier molecular flexibility index (Phi) is 3.27. The summed E-state index contributed by atoms with van der Waals surface area (Å²) >= 11 is 1.87. The van der Waals surface area contributed by atoms with Gasteiger partial charge in [-0.15, -0.1) is 11.3 Å². The van der Waals surface area contributed by atoms with Gasteiger partial charge < -0.3 is 9.67 Å². The number of hydrogen-bond acceptors (Lipinski definition) is 2. The van der Waals surface area contributed by atoms with Gasteiger partial charge in [-0.05, 0) is 58.2 Å². The number of fused-ring (bicyclic) bond motifs is 1. The number of aliphatic hydroxyl groups is 1. The summed E-state index contributed by atoms with van der Waals surface area (Å²) in [6.07, 6.45) is 2.83. The van der Waals surface area contributed by atoms with E-state index < -0.39 is 0 Å². The van der Waals surface area contributed by atoms with Gasteiger partial charge in [0.2, 0.25) is 0 Å². The van der Waals surface area contributed by atoms with Gasteiger partial charge in [0, 0.05) is 26.7 Å². The highest BCUT2D eigenvalue weighted by atomic mass is 32.1. The third-order valence-corrected chi connectivity index (χ3v) is 5.35. The lowest BCUT2D eigenvalue weighted by atomic mass is 9.95. The Labute approximate surface area is 118 Å². The molecule has 0 aliphatic heterocycles. The van der Waals surface area contributed by atoms with Crippen LogP contribution in [0.4, 0.5) is 0 Å². The van der Waals surface area contributed by atoms with Crippen LogP contribution in [0.3, 0.4) is 0 Å². The zero-order chi connectivity index (χ0) is 13.6. The van der Waals surface area contributed by atoms with E-state index in [-0.39, 0.29) is 6.10 Å². The lowest BCUT2D eigenvalue weighted by Crippen LogP contribution is -2.15. The van der Waals surface area contributed by atoms with E-state index in [1.807, 2.05) is 11.3 Å². The Morgan fingerprint density at radius 3 is 2.84 bits per heavy atom. The largest absolute Gasteiger partial charge is 0.388 e. The van der Waals surface area contributed by atoms with Crippen LogP contribution in [0.5, 0.6) is 0 Å². The van der Waals surface area contributed by atoms with Crippen LogP contribution in [0.25, 0.3) is 0 Å². The van der Waals surface area contributed by atoms with Crippen LogP contribution in [0.1, 0.15) is 58.6 Å². The molecular formula is C16H21NOS. The van der Waals surface area contributed by atoms with Gasteiger partial charge in [0.15, 0.2) is 0 Å². The first kappa shape index (κ1) is 12.9. The van der Waals surface area contributed by atoms with Crippen molar-refractivity contribution in [1.82, 2.24) is 4.57 Å². The van der Waals surface area contributed by atoms with Crippen molar-refractivity contribution in [2.45, 2.75) is 52.2 Å². The van der Waals surface area contributed by atoms with E-state index in [2.05, 4.69) is 43.5 Å². The van der Waals surface area contributed by atoms with Crippen molar-refractivity contribution in [3.63, 3.8) is 0 Å². The molecule has 2 aromatic heterocycles. The first-order valence-corrected chi connectivity index (χ1v) is 7.84. The van der Waals surface area contributed by atoms with Crippen LogP contribution < -0.4 is 0 Å². The molecule has 19 heavy (non-hydrogen) atoms. The summed E-state index contributed by atoms with van der Waals surface area (Å²) in [5.74, 6) is 0. The summed E-state index contributed by atoms with van der Waals surface area (Å²) in [5, 5.41) is 10.1. The van der Waals surface area contributed by atoms with Gasteiger partial charge in [0.1, 0.15) is 0 Å². The molecule has 1 aliphatic rings. The van der Waals surface area contributed by atoms with Crippen molar-refractivity contribution < 1.29 is 5.11 Å². The SMILES string of the molecule is Cc1ccc(C(C)n2c(C)cc3c2CCCC3O)s1. The molecule has 0 saturated heterocycles. The molecule has 2 aromatic rings. The molecule has 102 valence electrons. The van der Waals surface area contributed by atoms with Crippen LogP contribution in [0.2, 0.25) is 0 Å². The second-order valence-electron chi connectivity index (χ2n) is 5.59. The molecule has 2 unspecified atom stereocenters. The minimum Gasteiger partial charge on any atom is -0.388 e. The molecule has 0 spiro atoms. The molecule has 2 heterocycles. The molecule has 1 aliphatic carbocycles. The highest BCUT2D eigenvalue weighted by molar-refractivity contribution is 7.12. The third kappa shape index (κ3) is 2.15. The van der Waals surface area contributed by atoms with Crippen molar-refractivity contribution in [1.29, 1.82) is 0 Å². The quantitative estimate of drug-likeness (QED) is 0.875. The summed E-state index contributed by atoms with van der Waals surface area (Å²) in [6.45, 7) is 6.57. The fraction of sp³-hybridized carbons (Fsp3) is 0.500. The molecule has 2 nitrogen and oxygen atoms in total. The number of aromatic nitrogens is 1. The highest BCUT2D eigenvalue weighted by Crippen LogP contribution is 2.36. The highest BCUT2D eigenvalue weighted by Gasteiger charge is 2.25. The summed E-state index contributed by atoms with van der Waals surface area (Å²) in [5.41, 5.74) is 3.77. The minimum absolute atomic E-state index is 0.263. The Hall–Kier alpha value is -1.06. The number of thiophene rings is 1. The van der Waals surface area contributed by atoms with E-state index in [1.54, 1.807) is 0 Å². The molecule has 1 N–H and O–H groups in total. The lowest BCUT2D eigenvalue weighted by Gasteiger charge is -2.23. The molecule has 0 aromatic carbocycles. The van der Waals surface area contributed by atoms with Gasteiger partial charge in [-0.1, -0.05) is 0 Å². The molecule has 0 fully saturated rings. The van der Waals surface area contributed by atoms with Gasteiger partial charge >= 0.3 is 0 Å². The van der Waals surface area contributed by atoms with Crippen molar-refractivity contribution in [3.8, 4) is 0 Å². The maximum Gasteiger partial charge on any atom is 0.0807 e. The average Bonchev–Trinajstić information content (AvgIpc) is 2.93. The maximum absolute atomic E-state index is 10.1. The topological polar surface area (TPSA) is 25.2 Å². The third-order valence-electron chi connectivity index (χ3n) is 4.18. The van der Waals surface area contributed by atoms with Crippen molar-refractivity contribution in [3.05, 3.63) is 44.9 Å². The van der Waals surface area contributed by atoms with E-state index >= 15 is 0 Å². The molecule has 3 heteroatoms. The second-order valence-corrected chi connectivity index (χ2v) is 6.91. The van der Waals surface area contributed by atoms with E-state index in [4.69, 9.17) is 0 Å². The fourth-order valence-corrected chi connectivity index (χ4v) is 4.17. The Balaban J connectivity index is 2.05. The van der Waals surface area contributed by atoms with Crippen LogP contribution >= 0.6 is 11.3 Å². The minimum atomic E-state index is -0.263. The predicted octanol–water partition coefficient (Wildman–Crippen LogP) is 4.15. The number of aliphatic hydroxyl groups excluding tert-OH is 1. The Morgan fingerprint density at radius 1 is 1.37 bits per heavy atom. The van der Waals surface area contributed by atoms with Gasteiger partial charge in [0.25, 0.3) is 0 Å². The van der Waals surface area contributed by atoms with Crippen molar-refractivity contribution in [2.75, 3.05) is 0 Å². The Morgan fingerprint density at radius 2 is 2.16 bits per heavy atom. The molecule has 2 atom stereocenters. The second kappa shape index (κ2) is 4.80. The van der Waals surface area contributed by atoms with Crippen LogP contribution in [0.15, 0.2) is 18.2 Å². The number of rotatable bonds is 2. The summed E-state index contributed by atoms with van der Waals surface area (Å²) in [7, 11) is 0. The zero-order valence-electron chi connectivity index (χ0n) is 11.8. The normalized spacial score (nSPS) is 20.3. The monoisotopic (exact) mass is 275 g/mol. The maximum atomic E-state index is 10.1. The van der Waals surface area contributed by atoms with E-state index in [1.165, 1.54) is 21.1 Å². The first-order chi connectivity index (χ1) is 9.08. The zero-order valence-corrected chi connectivity index (χ0v) is 12.6. The molecule has 0 radical (unpaired) electrons. The van der Waals surface area contributed by atoms with Crippen LogP contribution in [-0.2, 0) is 6.42 Å². The predicted molar refractivity (Wildman–Crippen MR) is 79.9 cm³/mol. The lowest BCUT2D eigenvalue weighted by molar-refractivity contribution is 0.155. The van der Waals surface area contributed by atoms with Gasteiger partial charge in [0.05, 0.1) is 12.1 Å². The molecule has 0 bridgehead atoms. The van der Waals surface area contributed by atoms with Gasteiger partial charge in [-0.2, -0.15) is 0 Å². The number of aryl methyl sites for hydroxylation is 2. The van der Waals surface area contributed by atoms with Crippen LogP contribution in [-0.4, -0.2) is 9.67 Å². The average molecular weight is 275 g/mol. The smallest absolute Gasteiger partial charge is 0.0807 e. The van der Waals surface area contributed by atoms with Gasteiger partial charge in [-0.3, -0.25) is 0 Å². The summed E-state index contributed by atoms with van der Waals surface area (Å²) in [6, 6.07) is 6.97. The van der Waals surface area contributed by atoms with Crippen molar-refractivity contribution >= 4 is 11.3 Å². The molecular weight excluding hydrogens is 254 g/mol. The Bertz CT molecular complexity index is 596. The number of hydrogen-bond donors (Lipinski definition) is 1. The molecule has 0 saturated carbocycles. The fourth-order valence-electron chi connectivity index (χ4n) is 3.25. The number of nitrogens with zero attached hydrogens (tertiary/aromatic N) is 1. The molecule has 0 amide bonds. The molecule has 3 rings (SSSR count). The van der Waals surface area contributed by atoms with Crippen LogP contribution in [0, 0.1) is 13.8 Å². The summed E-state index contributed by atoms with van der Waals surface area (Å²) in [4.78, 5) is 2.76. The van der Waals surface area contributed by atoms with E-state index in [0.717, 1.165) is 24.8 Å². The van der Waals surface area contributed by atoms with E-state index in [9.17, 15) is 5.11 Å². The van der Waals surface area contributed by atoms with E-state index in [0.29, 0.717) is 6.04 Å². The summed E-state index contributed by atoms with van der Waals surface area (Å²) < 4.78 is 2.42. The standard InChI is InChI=1S/C16H21NOS/c1-10-9-13-14(5-4-6-15(13)18)17(10)12(3)16-8-7-11(2)19-16/h7-9,12,15,18H,4-6H2,1-3H3. The first-order valence-electron chi connectivity index (χ1n) is 7.03. The van der Waals surface area contributed by atoms with Gasteiger partial charge in [-0.25, -0.2) is 0 Å². The van der Waals surface area contributed by atoms with Crippen molar-refractivity contribution in [2.24, 2.45) is 0 Å².